The van der Waals surface area contributed by atoms with Crippen LogP contribution in [0.25, 0.3) is 0 Å². The van der Waals surface area contributed by atoms with E-state index in [9.17, 15) is 0 Å². The maximum atomic E-state index is 2.47. The number of hydrogen-bond acceptors (Lipinski definition) is 0. The molecule has 0 nitrogen and oxygen atoms in total. The molecule has 0 unspecified atom stereocenters. The average Bonchev–Trinajstić information content (AvgIpc) is 2.61. The highest BCUT2D eigenvalue weighted by Crippen LogP contribution is 2.80. The number of rotatable bonds is 0. The van der Waals surface area contributed by atoms with Crippen molar-refractivity contribution in [2.45, 2.75) is 27.7 Å². The van der Waals surface area contributed by atoms with Crippen molar-refractivity contribution < 1.29 is 0 Å². The molecule has 0 N–H and O–H groups in total. The van der Waals surface area contributed by atoms with E-state index in [-0.39, 0.29) is 5.41 Å². The Balaban J connectivity index is 2.13. The summed E-state index contributed by atoms with van der Waals surface area (Å²) >= 11 is 0. The summed E-state index contributed by atoms with van der Waals surface area (Å²) in [5, 5.41) is 0. The molecule has 0 aromatic rings. The summed E-state index contributed by atoms with van der Waals surface area (Å²) in [6.45, 7) is 9.51. The topological polar surface area (TPSA) is 0 Å². The number of fused-ring (bicyclic) bond motifs is 1. The van der Waals surface area contributed by atoms with Gasteiger partial charge in [-0.05, 0) is 22.0 Å². The van der Waals surface area contributed by atoms with Gasteiger partial charge in [0, 0.05) is 5.41 Å². The monoisotopic (exact) mass is 198 g/mol. The summed E-state index contributed by atoms with van der Waals surface area (Å²) < 4.78 is 0. The van der Waals surface area contributed by atoms with E-state index in [4.69, 9.17) is 0 Å². The van der Waals surface area contributed by atoms with Crippen LogP contribution in [-0.4, -0.2) is 0 Å². The maximum Gasteiger partial charge on any atom is 0.0187 e. The van der Waals surface area contributed by atoms with Crippen molar-refractivity contribution in [2.75, 3.05) is 0 Å². The molecule has 3 rings (SSSR count). The van der Waals surface area contributed by atoms with Crippen LogP contribution in [0, 0.1) is 16.2 Å². The van der Waals surface area contributed by atoms with Crippen LogP contribution in [0.5, 0.6) is 0 Å². The Labute approximate surface area is 92.1 Å². The van der Waals surface area contributed by atoms with Crippen molar-refractivity contribution >= 4 is 0 Å². The first-order valence-electron chi connectivity index (χ1n) is 5.73. The van der Waals surface area contributed by atoms with Gasteiger partial charge in [0.1, 0.15) is 0 Å². The van der Waals surface area contributed by atoms with Gasteiger partial charge in [0.15, 0.2) is 0 Å². The molecular weight excluding hydrogens is 180 g/mol. The van der Waals surface area contributed by atoms with E-state index in [0.29, 0.717) is 10.8 Å². The summed E-state index contributed by atoms with van der Waals surface area (Å²) in [7, 11) is 0. The number of hydrogen-bond donors (Lipinski definition) is 0. The van der Waals surface area contributed by atoms with Gasteiger partial charge in [-0.1, -0.05) is 64.2 Å². The second kappa shape index (κ2) is 2.21. The summed E-state index contributed by atoms with van der Waals surface area (Å²) in [6.07, 6.45) is 13.7. The molecule has 0 saturated heterocycles. The van der Waals surface area contributed by atoms with Crippen LogP contribution in [-0.2, 0) is 0 Å². The Morgan fingerprint density at radius 2 is 1.53 bits per heavy atom. The standard InChI is InChI=1S/C15H18/c1-13(2)14(3,4)15(13)9-8-11-6-5-7-12(11)10-15/h5-10H,1-4H3. The Morgan fingerprint density at radius 1 is 0.867 bits per heavy atom. The van der Waals surface area contributed by atoms with E-state index in [1.54, 1.807) is 0 Å². The molecule has 3 aliphatic carbocycles. The summed E-state index contributed by atoms with van der Waals surface area (Å²) in [5.74, 6) is 0. The molecular formula is C15H18. The molecule has 3 aliphatic rings. The molecule has 0 aromatic carbocycles. The Kier molecular flexibility index (Phi) is 1.36. The fourth-order valence-electron chi connectivity index (χ4n) is 3.42. The van der Waals surface area contributed by atoms with E-state index < -0.39 is 0 Å². The molecule has 15 heavy (non-hydrogen) atoms. The molecule has 0 atom stereocenters. The third-order valence-electron chi connectivity index (χ3n) is 5.36. The first-order chi connectivity index (χ1) is 6.92. The third-order valence-corrected chi connectivity index (χ3v) is 5.36. The maximum absolute atomic E-state index is 2.47. The highest BCUT2D eigenvalue weighted by molar-refractivity contribution is 5.61. The lowest BCUT2D eigenvalue weighted by atomic mass is 9.85. The van der Waals surface area contributed by atoms with Crippen LogP contribution in [0.15, 0.2) is 47.6 Å². The van der Waals surface area contributed by atoms with E-state index in [2.05, 4.69) is 64.2 Å². The normalized spacial score (nSPS) is 31.2. The predicted molar refractivity (Wildman–Crippen MR) is 64.4 cm³/mol. The Morgan fingerprint density at radius 3 is 2.13 bits per heavy atom. The van der Waals surface area contributed by atoms with Crippen molar-refractivity contribution in [3.8, 4) is 0 Å². The van der Waals surface area contributed by atoms with Crippen molar-refractivity contribution in [2.24, 2.45) is 16.2 Å². The quantitative estimate of drug-likeness (QED) is 0.551. The molecule has 0 aliphatic heterocycles. The van der Waals surface area contributed by atoms with Gasteiger partial charge in [-0.3, -0.25) is 0 Å². The van der Waals surface area contributed by atoms with E-state index in [1.165, 1.54) is 11.1 Å². The van der Waals surface area contributed by atoms with Crippen molar-refractivity contribution in [1.82, 2.24) is 0 Å². The van der Waals surface area contributed by atoms with Crippen molar-refractivity contribution in [1.29, 1.82) is 0 Å². The minimum atomic E-state index is 0.279. The van der Waals surface area contributed by atoms with Gasteiger partial charge in [0.25, 0.3) is 0 Å². The highest BCUT2D eigenvalue weighted by atomic mass is 14.8. The zero-order chi connectivity index (χ0) is 10.9. The molecule has 0 heterocycles. The van der Waals surface area contributed by atoms with Gasteiger partial charge < -0.3 is 0 Å². The molecule has 1 saturated carbocycles. The molecule has 0 bridgehead atoms. The first kappa shape index (κ1) is 9.21. The predicted octanol–water partition coefficient (Wildman–Crippen LogP) is 4.03. The van der Waals surface area contributed by atoms with Crippen LogP contribution in [0.1, 0.15) is 27.7 Å². The average molecular weight is 198 g/mol. The lowest BCUT2D eigenvalue weighted by molar-refractivity contribution is 0.457. The fraction of sp³-hybridized carbons (Fsp3) is 0.467. The summed E-state index contributed by atoms with van der Waals surface area (Å²) in [6, 6.07) is 0. The smallest absolute Gasteiger partial charge is 0.0187 e. The first-order valence-corrected chi connectivity index (χ1v) is 5.73. The van der Waals surface area contributed by atoms with Gasteiger partial charge >= 0.3 is 0 Å². The zero-order valence-corrected chi connectivity index (χ0v) is 9.96. The zero-order valence-electron chi connectivity index (χ0n) is 9.96. The third kappa shape index (κ3) is 0.770. The molecule has 0 radical (unpaired) electrons. The second-order valence-corrected chi connectivity index (χ2v) is 6.03. The van der Waals surface area contributed by atoms with Crippen LogP contribution in [0.3, 0.4) is 0 Å². The number of allylic oxidation sites excluding steroid dienone is 8. The summed E-state index contributed by atoms with van der Waals surface area (Å²) in [4.78, 5) is 0. The largest absolute Gasteiger partial charge is 0.0728 e. The van der Waals surface area contributed by atoms with Gasteiger partial charge in [-0.15, -0.1) is 0 Å². The molecule has 78 valence electrons. The minimum Gasteiger partial charge on any atom is -0.0728 e. The van der Waals surface area contributed by atoms with Gasteiger partial charge in [0.05, 0.1) is 0 Å². The summed E-state index contributed by atoms with van der Waals surface area (Å²) in [5.41, 5.74) is 3.83. The lowest BCUT2D eigenvalue weighted by Gasteiger charge is -2.19. The second-order valence-electron chi connectivity index (χ2n) is 6.03. The molecule has 0 heteroatoms. The Hall–Kier alpha value is -1.04. The Bertz CT molecular complexity index is 436. The minimum absolute atomic E-state index is 0.279. The van der Waals surface area contributed by atoms with Crippen molar-refractivity contribution in [3.05, 3.63) is 47.6 Å². The van der Waals surface area contributed by atoms with E-state index >= 15 is 0 Å². The molecule has 0 aromatic heterocycles. The van der Waals surface area contributed by atoms with Crippen LogP contribution < -0.4 is 0 Å². The van der Waals surface area contributed by atoms with Crippen LogP contribution in [0.4, 0.5) is 0 Å². The molecule has 0 amide bonds. The molecule has 1 fully saturated rings. The van der Waals surface area contributed by atoms with E-state index in [0.717, 1.165) is 0 Å². The van der Waals surface area contributed by atoms with Gasteiger partial charge in [0.2, 0.25) is 0 Å². The van der Waals surface area contributed by atoms with Crippen LogP contribution >= 0.6 is 0 Å². The van der Waals surface area contributed by atoms with Gasteiger partial charge in [-0.2, -0.15) is 0 Å². The van der Waals surface area contributed by atoms with E-state index in [1.807, 2.05) is 0 Å². The molecule has 1 spiro atoms. The van der Waals surface area contributed by atoms with Crippen LogP contribution in [0.2, 0.25) is 0 Å². The fourth-order valence-corrected chi connectivity index (χ4v) is 3.42. The highest BCUT2D eigenvalue weighted by Gasteiger charge is 2.74. The SMILES string of the molecule is CC1(C)C(C)(C)C12C=CC1=CC=CC1=C2. The lowest BCUT2D eigenvalue weighted by Crippen LogP contribution is -2.08. The van der Waals surface area contributed by atoms with Crippen molar-refractivity contribution in [3.63, 3.8) is 0 Å². The van der Waals surface area contributed by atoms with Gasteiger partial charge in [-0.25, -0.2) is 0 Å².